The van der Waals surface area contributed by atoms with Crippen molar-refractivity contribution < 1.29 is 33.8 Å². The second-order valence-electron chi connectivity index (χ2n) is 8.88. The number of hydrogen-bond acceptors (Lipinski definition) is 8. The molecule has 2 amide bonds. The number of methoxy groups -OCH3 is 1. The first-order chi connectivity index (χ1) is 15.7. The minimum atomic E-state index is -1.19. The summed E-state index contributed by atoms with van der Waals surface area (Å²) in [7, 11) is 1.43. The monoisotopic (exact) mass is 469 g/mol. The average molecular weight is 470 g/mol. The quantitative estimate of drug-likeness (QED) is 0.679. The number of aromatic nitrogens is 1. The highest BCUT2D eigenvalue weighted by Crippen LogP contribution is 2.23. The molecule has 2 rings (SSSR count). The lowest BCUT2D eigenvalue weighted by Gasteiger charge is -2.31. The molecule has 0 bridgehead atoms. The van der Waals surface area contributed by atoms with Gasteiger partial charge in [0, 0.05) is 46.8 Å². The summed E-state index contributed by atoms with van der Waals surface area (Å²) in [5.74, 6) is 0.251. The predicted octanol–water partition coefficient (Wildman–Crippen LogP) is 1.33. The van der Waals surface area contributed by atoms with Crippen molar-refractivity contribution in [3.05, 3.63) is 17.0 Å². The lowest BCUT2D eigenvalue weighted by atomic mass is 10.0. The lowest BCUT2D eigenvalue weighted by molar-refractivity contribution is -0.136. The van der Waals surface area contributed by atoms with E-state index in [-0.39, 0.29) is 30.9 Å². The molecule has 1 aliphatic rings. The van der Waals surface area contributed by atoms with E-state index in [4.69, 9.17) is 14.0 Å². The van der Waals surface area contributed by atoms with Crippen LogP contribution >= 0.6 is 0 Å². The molecular formula is C23H39N3O7. The van der Waals surface area contributed by atoms with Gasteiger partial charge in [-0.15, -0.1) is 0 Å². The van der Waals surface area contributed by atoms with Crippen molar-refractivity contribution in [1.29, 1.82) is 0 Å². The van der Waals surface area contributed by atoms with Gasteiger partial charge in [-0.3, -0.25) is 9.59 Å². The minimum absolute atomic E-state index is 0.0403. The molecule has 1 fully saturated rings. The van der Waals surface area contributed by atoms with E-state index in [1.165, 1.54) is 14.0 Å². The topological polar surface area (TPSA) is 126 Å². The van der Waals surface area contributed by atoms with Gasteiger partial charge in [-0.25, -0.2) is 0 Å². The molecule has 188 valence electrons. The Bertz CT molecular complexity index is 767. The van der Waals surface area contributed by atoms with E-state index >= 15 is 0 Å². The molecule has 3 atom stereocenters. The van der Waals surface area contributed by atoms with Crippen LogP contribution in [0, 0.1) is 6.92 Å². The van der Waals surface area contributed by atoms with E-state index < -0.39 is 18.3 Å². The fourth-order valence-electron chi connectivity index (χ4n) is 3.94. The molecule has 1 saturated heterocycles. The second-order valence-corrected chi connectivity index (χ2v) is 8.88. The Balaban J connectivity index is 2.21. The van der Waals surface area contributed by atoms with Crippen LogP contribution in [-0.2, 0) is 14.3 Å². The Morgan fingerprint density at radius 1 is 1.12 bits per heavy atom. The molecule has 2 heterocycles. The van der Waals surface area contributed by atoms with Crippen LogP contribution in [0.2, 0.25) is 0 Å². The van der Waals surface area contributed by atoms with Crippen molar-refractivity contribution in [3.63, 3.8) is 0 Å². The van der Waals surface area contributed by atoms with Crippen molar-refractivity contribution in [2.24, 2.45) is 0 Å². The first-order valence-corrected chi connectivity index (χ1v) is 11.6. The Morgan fingerprint density at radius 2 is 1.79 bits per heavy atom. The summed E-state index contributed by atoms with van der Waals surface area (Å²) in [5.41, 5.74) is 1.15. The van der Waals surface area contributed by atoms with Gasteiger partial charge in [0.1, 0.15) is 29.6 Å². The third-order valence-electron chi connectivity index (χ3n) is 5.97. The first kappa shape index (κ1) is 27.2. The van der Waals surface area contributed by atoms with Crippen molar-refractivity contribution in [1.82, 2.24) is 15.0 Å². The van der Waals surface area contributed by atoms with Crippen LogP contribution in [-0.4, -0.2) is 102 Å². The van der Waals surface area contributed by atoms with E-state index in [0.717, 1.165) is 0 Å². The van der Waals surface area contributed by atoms with Gasteiger partial charge in [0.25, 0.3) is 5.91 Å². The van der Waals surface area contributed by atoms with Crippen molar-refractivity contribution in [3.8, 4) is 0 Å². The van der Waals surface area contributed by atoms with E-state index in [9.17, 15) is 19.8 Å². The van der Waals surface area contributed by atoms with E-state index in [2.05, 4.69) is 5.16 Å². The predicted molar refractivity (Wildman–Crippen MR) is 121 cm³/mol. The molecule has 0 radical (unpaired) electrons. The number of aliphatic hydroxyl groups is 2. The molecule has 10 nitrogen and oxygen atoms in total. The summed E-state index contributed by atoms with van der Waals surface area (Å²) in [6.07, 6.45) is -1.12. The third-order valence-corrected chi connectivity index (χ3v) is 5.97. The maximum Gasteiger partial charge on any atom is 0.259 e. The lowest BCUT2D eigenvalue weighted by Crippen LogP contribution is -2.48. The van der Waals surface area contributed by atoms with Crippen LogP contribution in [0.15, 0.2) is 4.52 Å². The molecule has 0 spiro atoms. The summed E-state index contributed by atoms with van der Waals surface area (Å²) in [6.45, 7) is 8.97. The number of carbonyl (C=O) groups excluding carboxylic acids is 2. The van der Waals surface area contributed by atoms with Gasteiger partial charge in [0.2, 0.25) is 5.91 Å². The van der Waals surface area contributed by atoms with E-state index in [1.54, 1.807) is 16.7 Å². The van der Waals surface area contributed by atoms with Gasteiger partial charge in [-0.2, -0.15) is 0 Å². The van der Waals surface area contributed by atoms with Gasteiger partial charge < -0.3 is 34.0 Å². The molecule has 0 saturated carbocycles. The van der Waals surface area contributed by atoms with Gasteiger partial charge in [0.05, 0.1) is 12.3 Å². The highest BCUT2D eigenvalue weighted by Gasteiger charge is 2.30. The second kappa shape index (κ2) is 13.0. The van der Waals surface area contributed by atoms with Gasteiger partial charge in [0.15, 0.2) is 0 Å². The zero-order chi connectivity index (χ0) is 24.5. The largest absolute Gasteiger partial charge is 0.388 e. The summed E-state index contributed by atoms with van der Waals surface area (Å²) in [5, 5.41) is 24.8. The van der Waals surface area contributed by atoms with Gasteiger partial charge in [-0.05, 0) is 32.1 Å². The van der Waals surface area contributed by atoms with Crippen LogP contribution in [0.1, 0.15) is 67.8 Å². The molecule has 1 aliphatic heterocycles. The van der Waals surface area contributed by atoms with Crippen molar-refractivity contribution in [2.45, 2.75) is 71.2 Å². The molecule has 0 aliphatic carbocycles. The smallest absolute Gasteiger partial charge is 0.259 e. The number of nitrogens with zero attached hydrogens (tertiary/aromatic N) is 3. The Morgan fingerprint density at radius 3 is 2.42 bits per heavy atom. The summed E-state index contributed by atoms with van der Waals surface area (Å²) >= 11 is 0. The zero-order valence-corrected chi connectivity index (χ0v) is 20.5. The number of rotatable bonds is 3. The van der Waals surface area contributed by atoms with Crippen LogP contribution in [0.3, 0.4) is 0 Å². The molecular weight excluding hydrogens is 430 g/mol. The van der Waals surface area contributed by atoms with Crippen LogP contribution in [0.4, 0.5) is 0 Å². The van der Waals surface area contributed by atoms with Crippen molar-refractivity contribution >= 4 is 11.8 Å². The molecule has 2 N–H and O–H groups in total. The summed E-state index contributed by atoms with van der Waals surface area (Å²) < 4.78 is 16.2. The summed E-state index contributed by atoms with van der Waals surface area (Å²) in [4.78, 5) is 29.0. The fourth-order valence-corrected chi connectivity index (χ4v) is 3.94. The number of hydrogen-bond donors (Lipinski definition) is 2. The Hall–Kier alpha value is -2.01. The van der Waals surface area contributed by atoms with Gasteiger partial charge in [-0.1, -0.05) is 19.0 Å². The van der Waals surface area contributed by atoms with Crippen LogP contribution < -0.4 is 0 Å². The van der Waals surface area contributed by atoms with Crippen LogP contribution in [0.5, 0.6) is 0 Å². The maximum absolute atomic E-state index is 13.4. The van der Waals surface area contributed by atoms with Gasteiger partial charge >= 0.3 is 0 Å². The SMILES string of the molecule is CO[C@H]1CN(C(C)=O)CCCN(C(=O)c2c(C(C)C)noc2C)CCCCOC[C@H](O)[C@@H]1O. The molecule has 10 heteroatoms. The standard InChI is InChI=1S/C23H39N3O7/c1-15(2)21-20(16(3)33-24-21)23(30)25-9-6-7-12-32-14-18(28)22(29)19(31-5)13-26(17(4)27)11-8-10-25/h15,18-19,22,28-29H,6-14H2,1-5H3/t18-,19-,22-/m0/s1. The molecule has 1 aromatic heterocycles. The number of carbonyl (C=O) groups is 2. The van der Waals surface area contributed by atoms with Crippen LogP contribution in [0.25, 0.3) is 0 Å². The third kappa shape index (κ3) is 7.49. The number of aliphatic hydroxyl groups excluding tert-OH is 2. The van der Waals surface area contributed by atoms with E-state index in [0.29, 0.717) is 62.5 Å². The highest BCUT2D eigenvalue weighted by atomic mass is 16.5. The molecule has 0 aromatic carbocycles. The fraction of sp³-hybridized carbons (Fsp3) is 0.783. The zero-order valence-electron chi connectivity index (χ0n) is 20.5. The van der Waals surface area contributed by atoms with Crippen molar-refractivity contribution in [2.75, 3.05) is 46.5 Å². The molecule has 0 unspecified atom stereocenters. The van der Waals surface area contributed by atoms with E-state index in [1.807, 2.05) is 13.8 Å². The number of aryl methyl sites for hydroxylation is 1. The Labute approximate surface area is 195 Å². The summed E-state index contributed by atoms with van der Waals surface area (Å²) in [6, 6.07) is 0. The molecule has 1 aromatic rings. The number of ether oxygens (including phenoxy) is 2. The first-order valence-electron chi connectivity index (χ1n) is 11.6. The minimum Gasteiger partial charge on any atom is -0.388 e. The average Bonchev–Trinajstić information content (AvgIpc) is 3.16. The number of amides is 2. The molecule has 33 heavy (non-hydrogen) atoms. The highest BCUT2D eigenvalue weighted by molar-refractivity contribution is 5.96. The maximum atomic E-state index is 13.4. The Kier molecular flexibility index (Phi) is 10.7. The normalized spacial score (nSPS) is 24.4.